The summed E-state index contributed by atoms with van der Waals surface area (Å²) in [5.74, 6) is -0.355. The quantitative estimate of drug-likeness (QED) is 0.0887. The molecule has 0 unspecified atom stereocenters. The molecule has 0 bridgehead atoms. The molecule has 26 heavy (non-hydrogen) atoms. The Morgan fingerprint density at radius 1 is 0.962 bits per heavy atom. The van der Waals surface area contributed by atoms with Crippen molar-refractivity contribution in [3.8, 4) is 0 Å². The Labute approximate surface area is 176 Å². The summed E-state index contributed by atoms with van der Waals surface area (Å²) in [6.07, 6.45) is 7.20. The van der Waals surface area contributed by atoms with Crippen LogP contribution in [0.4, 0.5) is 0 Å². The lowest BCUT2D eigenvalue weighted by atomic mass is 10.2. The molecule has 0 aliphatic rings. The third-order valence-electron chi connectivity index (χ3n) is 4.84. The van der Waals surface area contributed by atoms with Gasteiger partial charge in [0.2, 0.25) is 14.2 Å². The van der Waals surface area contributed by atoms with Crippen molar-refractivity contribution in [3.05, 3.63) is 12.2 Å². The molecule has 0 saturated heterocycles. The van der Waals surface area contributed by atoms with Crippen molar-refractivity contribution in [1.29, 1.82) is 5.41 Å². The molecular formula is C19H36Cl3NO2Si. The minimum Gasteiger partial charge on any atom is -0.474 e. The SMILES string of the molecule is CC(C)[Si](O[C@@H](C)CCC/C=C\COC(=N)C(Cl)(Cl)Cl)(C(C)C)C(C)C. The first-order valence-corrected chi connectivity index (χ1v) is 12.7. The van der Waals surface area contributed by atoms with Crippen LogP contribution in [0.25, 0.3) is 0 Å². The highest BCUT2D eigenvalue weighted by atomic mass is 35.6. The summed E-state index contributed by atoms with van der Waals surface area (Å²) in [5, 5.41) is 7.44. The van der Waals surface area contributed by atoms with Gasteiger partial charge in [0.1, 0.15) is 6.61 Å². The van der Waals surface area contributed by atoms with E-state index in [-0.39, 0.29) is 18.6 Å². The Bertz CT molecular complexity index is 427. The van der Waals surface area contributed by atoms with E-state index in [1.54, 1.807) is 0 Å². The van der Waals surface area contributed by atoms with E-state index in [0.717, 1.165) is 19.3 Å². The van der Waals surface area contributed by atoms with Crippen LogP contribution >= 0.6 is 34.8 Å². The second-order valence-corrected chi connectivity index (χ2v) is 15.5. The first-order valence-electron chi connectivity index (χ1n) is 9.47. The molecule has 154 valence electrons. The Balaban J connectivity index is 4.32. The number of hydrogen-bond donors (Lipinski definition) is 1. The molecule has 0 aliphatic carbocycles. The molecule has 0 saturated carbocycles. The molecule has 7 heteroatoms. The molecule has 0 aromatic rings. The maximum Gasteiger partial charge on any atom is 0.265 e. The standard InChI is InChI=1S/C19H36Cl3NO2Si/c1-14(2)26(15(3)4,16(5)6)25-17(7)12-10-8-9-11-13-24-18(23)19(20,21)22/h9,11,14-17,23H,8,10,12-13H2,1-7H3/b11-9-,23-18?/t17-/m0/s1. The zero-order valence-electron chi connectivity index (χ0n) is 17.2. The molecule has 0 heterocycles. The average molecular weight is 445 g/mol. The number of nitrogens with one attached hydrogen (secondary N) is 1. The van der Waals surface area contributed by atoms with E-state index >= 15 is 0 Å². The van der Waals surface area contributed by atoms with E-state index in [9.17, 15) is 0 Å². The molecule has 0 spiro atoms. The van der Waals surface area contributed by atoms with Gasteiger partial charge in [-0.25, -0.2) is 0 Å². The van der Waals surface area contributed by atoms with Crippen molar-refractivity contribution in [2.45, 2.75) is 94.2 Å². The summed E-state index contributed by atoms with van der Waals surface area (Å²) >= 11 is 16.6. The summed E-state index contributed by atoms with van der Waals surface area (Å²) < 4.78 is 10.0. The van der Waals surface area contributed by atoms with E-state index in [2.05, 4.69) is 48.5 Å². The van der Waals surface area contributed by atoms with Crippen molar-refractivity contribution in [2.24, 2.45) is 0 Å². The fourth-order valence-corrected chi connectivity index (χ4v) is 9.53. The predicted molar refractivity (Wildman–Crippen MR) is 119 cm³/mol. The Morgan fingerprint density at radius 2 is 1.46 bits per heavy atom. The number of alkyl halides is 3. The number of unbranched alkanes of at least 4 members (excludes halogenated alkanes) is 1. The zero-order chi connectivity index (χ0) is 20.5. The lowest BCUT2D eigenvalue weighted by Crippen LogP contribution is -2.49. The van der Waals surface area contributed by atoms with Crippen molar-refractivity contribution >= 4 is 49.0 Å². The van der Waals surface area contributed by atoms with Gasteiger partial charge in [0, 0.05) is 6.10 Å². The van der Waals surface area contributed by atoms with E-state index in [0.29, 0.717) is 16.6 Å². The van der Waals surface area contributed by atoms with Crippen LogP contribution in [0.15, 0.2) is 12.2 Å². The normalized spacial score (nSPS) is 14.7. The first-order chi connectivity index (χ1) is 11.9. The van der Waals surface area contributed by atoms with Crippen molar-refractivity contribution in [1.82, 2.24) is 0 Å². The van der Waals surface area contributed by atoms with Crippen LogP contribution in [-0.2, 0) is 9.16 Å². The fraction of sp³-hybridized carbons (Fsp3) is 0.842. The maximum atomic E-state index is 7.44. The Morgan fingerprint density at radius 3 is 1.88 bits per heavy atom. The number of allylic oxidation sites excluding steroid dienone is 1. The number of hydrogen-bond acceptors (Lipinski definition) is 3. The van der Waals surface area contributed by atoms with Gasteiger partial charge in [0.25, 0.3) is 3.79 Å². The molecule has 0 fully saturated rings. The molecule has 1 N–H and O–H groups in total. The van der Waals surface area contributed by atoms with E-state index in [1.807, 2.05) is 12.2 Å². The summed E-state index contributed by atoms with van der Waals surface area (Å²) in [6, 6.07) is 0. The first kappa shape index (κ1) is 26.3. The molecule has 3 nitrogen and oxygen atoms in total. The minimum absolute atomic E-state index is 0.239. The van der Waals surface area contributed by atoms with Gasteiger partial charge in [-0.2, -0.15) is 0 Å². The molecule has 1 atom stereocenters. The molecule has 0 rings (SSSR count). The highest BCUT2D eigenvalue weighted by Gasteiger charge is 2.45. The third-order valence-corrected chi connectivity index (χ3v) is 11.6. The fourth-order valence-electron chi connectivity index (χ4n) is 3.74. The number of halogens is 3. The maximum absolute atomic E-state index is 7.44. The molecule has 0 aromatic heterocycles. The monoisotopic (exact) mass is 443 g/mol. The zero-order valence-corrected chi connectivity index (χ0v) is 20.5. The largest absolute Gasteiger partial charge is 0.474 e. The Hall–Kier alpha value is 0.257. The minimum atomic E-state index is -1.80. The van der Waals surface area contributed by atoms with E-state index < -0.39 is 12.1 Å². The van der Waals surface area contributed by atoms with E-state index in [1.165, 1.54) is 0 Å². The lowest BCUT2D eigenvalue weighted by molar-refractivity contribution is 0.179. The van der Waals surface area contributed by atoms with Crippen LogP contribution < -0.4 is 0 Å². The van der Waals surface area contributed by atoms with Crippen molar-refractivity contribution in [3.63, 3.8) is 0 Å². The second kappa shape index (κ2) is 12.0. The van der Waals surface area contributed by atoms with Crippen molar-refractivity contribution < 1.29 is 9.16 Å². The van der Waals surface area contributed by atoms with E-state index in [4.69, 9.17) is 49.4 Å². The van der Waals surface area contributed by atoms with Crippen LogP contribution in [0.2, 0.25) is 16.6 Å². The molecule has 0 aromatic carbocycles. The molecular weight excluding hydrogens is 409 g/mol. The average Bonchev–Trinajstić information content (AvgIpc) is 2.49. The summed E-state index contributed by atoms with van der Waals surface area (Å²) in [6.45, 7) is 16.3. The van der Waals surface area contributed by atoms with Crippen LogP contribution in [0.1, 0.15) is 67.7 Å². The van der Waals surface area contributed by atoms with Gasteiger partial charge in [-0.15, -0.1) is 0 Å². The van der Waals surface area contributed by atoms with Gasteiger partial charge in [-0.3, -0.25) is 5.41 Å². The van der Waals surface area contributed by atoms with Crippen LogP contribution in [0.5, 0.6) is 0 Å². The van der Waals surface area contributed by atoms with Gasteiger partial charge in [0.15, 0.2) is 0 Å². The van der Waals surface area contributed by atoms with Gasteiger partial charge in [-0.05, 0) is 42.8 Å². The summed E-state index contributed by atoms with van der Waals surface area (Å²) in [7, 11) is -1.80. The smallest absolute Gasteiger partial charge is 0.265 e. The van der Waals surface area contributed by atoms with Gasteiger partial charge >= 0.3 is 0 Å². The van der Waals surface area contributed by atoms with Gasteiger partial charge in [-0.1, -0.05) is 88.5 Å². The topological polar surface area (TPSA) is 42.3 Å². The lowest BCUT2D eigenvalue weighted by Gasteiger charge is -2.44. The number of ether oxygens (including phenoxy) is 1. The van der Waals surface area contributed by atoms with Crippen LogP contribution in [0, 0.1) is 5.41 Å². The summed E-state index contributed by atoms with van der Waals surface area (Å²) in [5.41, 5.74) is 1.82. The molecule has 0 amide bonds. The van der Waals surface area contributed by atoms with Crippen molar-refractivity contribution in [2.75, 3.05) is 6.61 Å². The predicted octanol–water partition coefficient (Wildman–Crippen LogP) is 7.66. The molecule has 0 radical (unpaired) electrons. The highest BCUT2D eigenvalue weighted by molar-refractivity contribution is 6.77. The van der Waals surface area contributed by atoms with Gasteiger partial charge < -0.3 is 9.16 Å². The van der Waals surface area contributed by atoms with Gasteiger partial charge in [0.05, 0.1) is 0 Å². The summed E-state index contributed by atoms with van der Waals surface area (Å²) in [4.78, 5) is 0. The van der Waals surface area contributed by atoms with Crippen LogP contribution in [-0.4, -0.2) is 30.7 Å². The third kappa shape index (κ3) is 8.51. The second-order valence-electron chi connectivity index (χ2n) is 7.79. The number of rotatable bonds is 11. The Kier molecular flexibility index (Phi) is 12.1. The highest BCUT2D eigenvalue weighted by Crippen LogP contribution is 2.43. The van der Waals surface area contributed by atoms with Crippen LogP contribution in [0.3, 0.4) is 0 Å². The molecule has 0 aliphatic heterocycles.